The standard InChI is InChI=1S/C19H14ClN3S/c1-12-11-13(20)8-9-15(12)21-18-14-5-2-3-6-16(14)22-19(23-18)17-7-4-10-24-17/h2-11H,1H3,(H,21,22,23). The summed E-state index contributed by atoms with van der Waals surface area (Å²) in [7, 11) is 0. The summed E-state index contributed by atoms with van der Waals surface area (Å²) in [6.45, 7) is 2.03. The first-order valence-electron chi connectivity index (χ1n) is 7.54. The number of halogens is 1. The Hall–Kier alpha value is -2.43. The molecular weight excluding hydrogens is 338 g/mol. The Balaban J connectivity index is 1.86. The summed E-state index contributed by atoms with van der Waals surface area (Å²) in [6, 6.07) is 17.9. The first kappa shape index (κ1) is 15.1. The van der Waals surface area contributed by atoms with Crippen LogP contribution in [0.3, 0.4) is 0 Å². The summed E-state index contributed by atoms with van der Waals surface area (Å²) in [6.07, 6.45) is 0. The Bertz CT molecular complexity index is 1010. The van der Waals surface area contributed by atoms with Gasteiger partial charge in [-0.3, -0.25) is 0 Å². The molecule has 0 aliphatic rings. The molecule has 2 heterocycles. The van der Waals surface area contributed by atoms with Gasteiger partial charge in [0.15, 0.2) is 5.82 Å². The zero-order valence-corrected chi connectivity index (χ0v) is 14.5. The molecule has 3 nitrogen and oxygen atoms in total. The van der Waals surface area contributed by atoms with Crippen LogP contribution in [0, 0.1) is 6.92 Å². The van der Waals surface area contributed by atoms with Crippen molar-refractivity contribution < 1.29 is 0 Å². The number of aryl methyl sites for hydroxylation is 1. The number of fused-ring (bicyclic) bond motifs is 1. The topological polar surface area (TPSA) is 37.8 Å². The minimum Gasteiger partial charge on any atom is -0.339 e. The van der Waals surface area contributed by atoms with Gasteiger partial charge >= 0.3 is 0 Å². The van der Waals surface area contributed by atoms with Crippen molar-refractivity contribution in [2.24, 2.45) is 0 Å². The minimum absolute atomic E-state index is 0.727. The number of anilines is 2. The van der Waals surface area contributed by atoms with Crippen LogP contribution in [0.25, 0.3) is 21.6 Å². The Morgan fingerprint density at radius 1 is 1.00 bits per heavy atom. The Morgan fingerprint density at radius 2 is 1.88 bits per heavy atom. The molecule has 5 heteroatoms. The second-order valence-electron chi connectivity index (χ2n) is 5.47. The van der Waals surface area contributed by atoms with E-state index in [1.807, 2.05) is 66.9 Å². The second-order valence-corrected chi connectivity index (χ2v) is 6.86. The van der Waals surface area contributed by atoms with Crippen molar-refractivity contribution in [3.63, 3.8) is 0 Å². The lowest BCUT2D eigenvalue weighted by Gasteiger charge is -2.12. The van der Waals surface area contributed by atoms with E-state index in [0.29, 0.717) is 0 Å². The Labute approximate surface area is 149 Å². The lowest BCUT2D eigenvalue weighted by atomic mass is 10.2. The largest absolute Gasteiger partial charge is 0.339 e. The SMILES string of the molecule is Cc1cc(Cl)ccc1Nc1nc(-c2cccs2)nc2ccccc12. The summed E-state index contributed by atoms with van der Waals surface area (Å²) in [5, 5.41) is 7.19. The predicted molar refractivity (Wildman–Crippen MR) is 102 cm³/mol. The van der Waals surface area contributed by atoms with E-state index in [1.165, 1.54) is 0 Å². The molecule has 0 atom stereocenters. The molecule has 2 aromatic carbocycles. The summed E-state index contributed by atoms with van der Waals surface area (Å²) in [4.78, 5) is 10.5. The van der Waals surface area contributed by atoms with E-state index >= 15 is 0 Å². The molecule has 0 radical (unpaired) electrons. The Kier molecular flexibility index (Phi) is 3.92. The van der Waals surface area contributed by atoms with E-state index in [-0.39, 0.29) is 0 Å². The molecule has 0 saturated heterocycles. The molecule has 0 aliphatic carbocycles. The van der Waals surface area contributed by atoms with E-state index in [9.17, 15) is 0 Å². The fourth-order valence-corrected chi connectivity index (χ4v) is 3.47. The van der Waals surface area contributed by atoms with Gasteiger partial charge in [-0.2, -0.15) is 0 Å². The number of hydrogen-bond acceptors (Lipinski definition) is 4. The maximum atomic E-state index is 6.06. The van der Waals surface area contributed by atoms with Crippen molar-refractivity contribution in [1.29, 1.82) is 0 Å². The van der Waals surface area contributed by atoms with Crippen molar-refractivity contribution in [2.75, 3.05) is 5.32 Å². The third-order valence-corrected chi connectivity index (χ3v) is 4.89. The van der Waals surface area contributed by atoms with Gasteiger partial charge in [-0.25, -0.2) is 9.97 Å². The van der Waals surface area contributed by atoms with Crippen LogP contribution in [0.4, 0.5) is 11.5 Å². The minimum atomic E-state index is 0.727. The van der Waals surface area contributed by atoms with Crippen molar-refractivity contribution in [3.05, 3.63) is 70.6 Å². The van der Waals surface area contributed by atoms with Crippen LogP contribution in [-0.2, 0) is 0 Å². The van der Waals surface area contributed by atoms with Gasteiger partial charge in [-0.05, 0) is 54.3 Å². The lowest BCUT2D eigenvalue weighted by molar-refractivity contribution is 1.23. The highest BCUT2D eigenvalue weighted by atomic mass is 35.5. The maximum absolute atomic E-state index is 6.06. The zero-order chi connectivity index (χ0) is 16.5. The third-order valence-electron chi connectivity index (χ3n) is 3.79. The number of nitrogens with zero attached hydrogens (tertiary/aromatic N) is 2. The highest BCUT2D eigenvalue weighted by molar-refractivity contribution is 7.13. The van der Waals surface area contributed by atoms with Crippen molar-refractivity contribution in [1.82, 2.24) is 9.97 Å². The van der Waals surface area contributed by atoms with Crippen LogP contribution in [0.5, 0.6) is 0 Å². The van der Waals surface area contributed by atoms with Gasteiger partial charge in [0.2, 0.25) is 0 Å². The van der Waals surface area contributed by atoms with Gasteiger partial charge in [-0.15, -0.1) is 11.3 Å². The second kappa shape index (κ2) is 6.23. The van der Waals surface area contributed by atoms with Crippen molar-refractivity contribution in [2.45, 2.75) is 6.92 Å². The van der Waals surface area contributed by atoms with E-state index < -0.39 is 0 Å². The van der Waals surface area contributed by atoms with Gasteiger partial charge in [0, 0.05) is 16.1 Å². The van der Waals surface area contributed by atoms with E-state index in [2.05, 4.69) is 5.32 Å². The molecule has 0 bridgehead atoms. The number of nitrogens with one attached hydrogen (secondary N) is 1. The average molecular weight is 352 g/mol. The molecular formula is C19H14ClN3S. The number of para-hydroxylation sites is 1. The number of thiophene rings is 1. The van der Waals surface area contributed by atoms with Gasteiger partial charge in [-0.1, -0.05) is 29.8 Å². The molecule has 0 fully saturated rings. The summed E-state index contributed by atoms with van der Waals surface area (Å²) in [5.74, 6) is 1.53. The molecule has 4 rings (SSSR count). The predicted octanol–water partition coefficient (Wildman–Crippen LogP) is 6.06. The molecule has 0 unspecified atom stereocenters. The number of rotatable bonds is 3. The Morgan fingerprint density at radius 3 is 2.67 bits per heavy atom. The first-order chi connectivity index (χ1) is 11.7. The van der Waals surface area contributed by atoms with Crippen LogP contribution >= 0.6 is 22.9 Å². The van der Waals surface area contributed by atoms with Crippen LogP contribution in [0.15, 0.2) is 60.0 Å². The molecule has 4 aromatic rings. The smallest absolute Gasteiger partial charge is 0.172 e. The molecule has 24 heavy (non-hydrogen) atoms. The maximum Gasteiger partial charge on any atom is 0.172 e. The molecule has 0 spiro atoms. The van der Waals surface area contributed by atoms with Gasteiger partial charge in [0.1, 0.15) is 5.82 Å². The molecule has 1 N–H and O–H groups in total. The molecule has 118 valence electrons. The molecule has 0 aliphatic heterocycles. The summed E-state index contributed by atoms with van der Waals surface area (Å²) < 4.78 is 0. The molecule has 0 amide bonds. The average Bonchev–Trinajstić information content (AvgIpc) is 3.12. The number of aromatic nitrogens is 2. The van der Waals surface area contributed by atoms with Gasteiger partial charge in [0.05, 0.1) is 10.4 Å². The van der Waals surface area contributed by atoms with Crippen molar-refractivity contribution >= 4 is 45.3 Å². The first-order valence-corrected chi connectivity index (χ1v) is 8.80. The highest BCUT2D eigenvalue weighted by Crippen LogP contribution is 2.30. The number of hydrogen-bond donors (Lipinski definition) is 1. The van der Waals surface area contributed by atoms with Crippen LogP contribution in [-0.4, -0.2) is 9.97 Å². The van der Waals surface area contributed by atoms with E-state index in [1.54, 1.807) is 11.3 Å². The number of benzene rings is 2. The molecule has 0 saturated carbocycles. The summed E-state index contributed by atoms with van der Waals surface area (Å²) in [5.41, 5.74) is 2.98. The third kappa shape index (κ3) is 2.86. The van der Waals surface area contributed by atoms with Crippen LogP contribution < -0.4 is 5.32 Å². The van der Waals surface area contributed by atoms with Gasteiger partial charge in [0.25, 0.3) is 0 Å². The quantitative estimate of drug-likeness (QED) is 0.487. The summed E-state index contributed by atoms with van der Waals surface area (Å²) >= 11 is 7.69. The normalized spacial score (nSPS) is 10.9. The van der Waals surface area contributed by atoms with Gasteiger partial charge < -0.3 is 5.32 Å². The monoisotopic (exact) mass is 351 g/mol. The fourth-order valence-electron chi connectivity index (χ4n) is 2.58. The van der Waals surface area contributed by atoms with Crippen LogP contribution in [0.1, 0.15) is 5.56 Å². The zero-order valence-electron chi connectivity index (χ0n) is 13.0. The fraction of sp³-hybridized carbons (Fsp3) is 0.0526. The molecule has 2 aromatic heterocycles. The highest BCUT2D eigenvalue weighted by Gasteiger charge is 2.11. The van der Waals surface area contributed by atoms with Crippen LogP contribution in [0.2, 0.25) is 5.02 Å². The van der Waals surface area contributed by atoms with Crippen molar-refractivity contribution in [3.8, 4) is 10.7 Å². The van der Waals surface area contributed by atoms with E-state index in [0.717, 1.165) is 43.7 Å². The lowest BCUT2D eigenvalue weighted by Crippen LogP contribution is -2.00. The van der Waals surface area contributed by atoms with E-state index in [4.69, 9.17) is 21.6 Å².